The van der Waals surface area contributed by atoms with Crippen molar-refractivity contribution in [2.24, 2.45) is 17.3 Å². The van der Waals surface area contributed by atoms with Crippen molar-refractivity contribution in [1.82, 2.24) is 4.90 Å². The predicted molar refractivity (Wildman–Crippen MR) is 163 cm³/mol. The van der Waals surface area contributed by atoms with E-state index in [1.807, 2.05) is 0 Å². The van der Waals surface area contributed by atoms with E-state index < -0.39 is 0 Å². The van der Waals surface area contributed by atoms with E-state index in [9.17, 15) is 4.79 Å². The quantitative estimate of drug-likeness (QED) is 0.112. The second-order valence-corrected chi connectivity index (χ2v) is 13.2. The highest BCUT2D eigenvalue weighted by Crippen LogP contribution is 2.33. The van der Waals surface area contributed by atoms with Gasteiger partial charge in [0, 0.05) is 19.0 Å². The molecule has 0 saturated heterocycles. The van der Waals surface area contributed by atoms with E-state index in [1.165, 1.54) is 128 Å². The molecule has 216 valence electrons. The first-order valence-corrected chi connectivity index (χ1v) is 16.5. The molecule has 0 saturated carbocycles. The Morgan fingerprint density at radius 3 is 1.14 bits per heavy atom. The van der Waals surface area contributed by atoms with E-state index in [-0.39, 0.29) is 11.3 Å². The summed E-state index contributed by atoms with van der Waals surface area (Å²) in [6.07, 6.45) is 28.1. The molecular formula is C34H69NO. The Hall–Kier alpha value is -0.530. The van der Waals surface area contributed by atoms with Crippen LogP contribution in [0.1, 0.15) is 183 Å². The summed E-state index contributed by atoms with van der Waals surface area (Å²) in [6, 6.07) is 0. The minimum absolute atomic E-state index is 0.0369. The molecule has 0 fully saturated rings. The highest BCUT2D eigenvalue weighted by atomic mass is 16.2. The lowest BCUT2D eigenvalue weighted by molar-refractivity contribution is -0.140. The van der Waals surface area contributed by atoms with Crippen LogP contribution < -0.4 is 0 Å². The topological polar surface area (TPSA) is 20.3 Å². The van der Waals surface area contributed by atoms with Gasteiger partial charge >= 0.3 is 0 Å². The van der Waals surface area contributed by atoms with Crippen molar-refractivity contribution in [3.8, 4) is 0 Å². The standard InChI is InChI=1S/C34H69NO/c1-8-10-12-14-16-18-20-22-24-26-28-35(33(36)32(30-31(3)4)34(5,6)7)29-27-25-23-21-19-17-15-13-11-9-2/h31-32H,8-30H2,1-7H3. The average molecular weight is 508 g/mol. The molecule has 2 nitrogen and oxygen atoms in total. The lowest BCUT2D eigenvalue weighted by Gasteiger charge is -2.36. The Morgan fingerprint density at radius 1 is 0.556 bits per heavy atom. The van der Waals surface area contributed by atoms with Gasteiger partial charge in [0.1, 0.15) is 0 Å². The normalized spacial score (nSPS) is 12.9. The fourth-order valence-corrected chi connectivity index (χ4v) is 5.43. The van der Waals surface area contributed by atoms with E-state index in [0.29, 0.717) is 11.8 Å². The highest BCUT2D eigenvalue weighted by Gasteiger charge is 2.34. The summed E-state index contributed by atoms with van der Waals surface area (Å²) >= 11 is 0. The summed E-state index contributed by atoms with van der Waals surface area (Å²) in [6.45, 7) is 17.8. The Balaban J connectivity index is 4.48. The van der Waals surface area contributed by atoms with Crippen LogP contribution in [-0.4, -0.2) is 23.9 Å². The summed E-state index contributed by atoms with van der Waals surface area (Å²) in [5.74, 6) is 1.14. The second kappa shape index (κ2) is 23.6. The van der Waals surface area contributed by atoms with Crippen molar-refractivity contribution in [3.05, 3.63) is 0 Å². The molecular weight excluding hydrogens is 438 g/mol. The first kappa shape index (κ1) is 35.5. The van der Waals surface area contributed by atoms with Gasteiger partial charge in [-0.1, -0.05) is 164 Å². The molecule has 0 aliphatic heterocycles. The van der Waals surface area contributed by atoms with Crippen LogP contribution in [0.15, 0.2) is 0 Å². The third-order valence-electron chi connectivity index (χ3n) is 7.93. The maximum Gasteiger partial charge on any atom is 0.226 e. The third kappa shape index (κ3) is 20.5. The van der Waals surface area contributed by atoms with Gasteiger partial charge in [0.2, 0.25) is 5.91 Å². The van der Waals surface area contributed by atoms with Crippen LogP contribution in [0, 0.1) is 17.3 Å². The number of carbonyl (C=O) groups excluding carboxylic acids is 1. The van der Waals surface area contributed by atoms with Gasteiger partial charge in [-0.3, -0.25) is 4.79 Å². The molecule has 0 rings (SSSR count). The molecule has 1 unspecified atom stereocenters. The van der Waals surface area contributed by atoms with Crippen molar-refractivity contribution in [1.29, 1.82) is 0 Å². The monoisotopic (exact) mass is 508 g/mol. The zero-order valence-corrected chi connectivity index (χ0v) is 26.3. The van der Waals surface area contributed by atoms with Crippen LogP contribution >= 0.6 is 0 Å². The van der Waals surface area contributed by atoms with Crippen LogP contribution in [0.4, 0.5) is 0 Å². The van der Waals surface area contributed by atoms with Gasteiger partial charge in [0.25, 0.3) is 0 Å². The third-order valence-corrected chi connectivity index (χ3v) is 7.93. The van der Waals surface area contributed by atoms with Crippen molar-refractivity contribution in [2.75, 3.05) is 13.1 Å². The molecule has 0 aliphatic carbocycles. The molecule has 0 N–H and O–H groups in total. The number of nitrogens with zero attached hydrogens (tertiary/aromatic N) is 1. The molecule has 2 heteroatoms. The summed E-state index contributed by atoms with van der Waals surface area (Å²) in [5, 5.41) is 0. The lowest BCUT2D eigenvalue weighted by Crippen LogP contribution is -2.43. The largest absolute Gasteiger partial charge is 0.342 e. The van der Waals surface area contributed by atoms with Crippen LogP contribution in [0.3, 0.4) is 0 Å². The molecule has 0 aromatic heterocycles. The van der Waals surface area contributed by atoms with Crippen LogP contribution in [0.2, 0.25) is 0 Å². The lowest BCUT2D eigenvalue weighted by atomic mass is 9.75. The van der Waals surface area contributed by atoms with Gasteiger partial charge in [-0.2, -0.15) is 0 Å². The molecule has 0 aromatic carbocycles. The Morgan fingerprint density at radius 2 is 0.861 bits per heavy atom. The van der Waals surface area contributed by atoms with E-state index in [0.717, 1.165) is 19.5 Å². The first-order valence-electron chi connectivity index (χ1n) is 16.5. The van der Waals surface area contributed by atoms with E-state index >= 15 is 0 Å². The van der Waals surface area contributed by atoms with Gasteiger partial charge < -0.3 is 4.90 Å². The number of carbonyl (C=O) groups is 1. The molecule has 0 bridgehead atoms. The van der Waals surface area contributed by atoms with Crippen molar-refractivity contribution in [3.63, 3.8) is 0 Å². The van der Waals surface area contributed by atoms with Gasteiger partial charge in [0.05, 0.1) is 0 Å². The predicted octanol–water partition coefficient (Wildman–Crippen LogP) is 11.4. The summed E-state index contributed by atoms with van der Waals surface area (Å²) < 4.78 is 0. The Kier molecular flexibility index (Phi) is 23.2. The minimum atomic E-state index is 0.0369. The van der Waals surface area contributed by atoms with Crippen molar-refractivity contribution >= 4 is 5.91 Å². The van der Waals surface area contributed by atoms with Gasteiger partial charge in [-0.15, -0.1) is 0 Å². The SMILES string of the molecule is CCCCCCCCCCCCN(CCCCCCCCCCCC)C(=O)C(CC(C)C)C(C)(C)C. The molecule has 0 heterocycles. The maximum absolute atomic E-state index is 13.7. The van der Waals surface area contributed by atoms with Gasteiger partial charge in [-0.25, -0.2) is 0 Å². The van der Waals surface area contributed by atoms with Crippen molar-refractivity contribution < 1.29 is 4.79 Å². The first-order chi connectivity index (χ1) is 17.2. The van der Waals surface area contributed by atoms with Crippen LogP contribution in [0.25, 0.3) is 0 Å². The van der Waals surface area contributed by atoms with Crippen LogP contribution in [0.5, 0.6) is 0 Å². The Labute approximate surface area is 229 Å². The molecule has 0 spiro atoms. The molecule has 36 heavy (non-hydrogen) atoms. The second-order valence-electron chi connectivity index (χ2n) is 13.2. The highest BCUT2D eigenvalue weighted by molar-refractivity contribution is 5.79. The molecule has 1 amide bonds. The molecule has 0 aromatic rings. The average Bonchev–Trinajstić information content (AvgIpc) is 2.82. The fourth-order valence-electron chi connectivity index (χ4n) is 5.43. The number of amides is 1. The fraction of sp³-hybridized carbons (Fsp3) is 0.971. The molecule has 0 radical (unpaired) electrons. The smallest absolute Gasteiger partial charge is 0.226 e. The van der Waals surface area contributed by atoms with E-state index in [4.69, 9.17) is 0 Å². The molecule has 0 aliphatic rings. The summed E-state index contributed by atoms with van der Waals surface area (Å²) in [7, 11) is 0. The zero-order chi connectivity index (χ0) is 27.1. The van der Waals surface area contributed by atoms with Gasteiger partial charge in [0.15, 0.2) is 0 Å². The summed E-state index contributed by atoms with van der Waals surface area (Å²) in [5.41, 5.74) is 0.0369. The number of hydrogen-bond acceptors (Lipinski definition) is 1. The number of unbranched alkanes of at least 4 members (excludes halogenated alkanes) is 18. The van der Waals surface area contributed by atoms with Crippen molar-refractivity contribution in [2.45, 2.75) is 183 Å². The number of hydrogen-bond donors (Lipinski definition) is 0. The minimum Gasteiger partial charge on any atom is -0.342 e. The zero-order valence-electron chi connectivity index (χ0n) is 26.3. The summed E-state index contributed by atoms with van der Waals surface area (Å²) in [4.78, 5) is 16.0. The number of rotatable bonds is 25. The van der Waals surface area contributed by atoms with Crippen LogP contribution in [-0.2, 0) is 4.79 Å². The molecule has 1 atom stereocenters. The van der Waals surface area contributed by atoms with Gasteiger partial charge in [-0.05, 0) is 30.6 Å². The Bertz CT molecular complexity index is 454. The van der Waals surface area contributed by atoms with E-state index in [2.05, 4.69) is 53.4 Å². The maximum atomic E-state index is 13.7. The van der Waals surface area contributed by atoms with E-state index in [1.54, 1.807) is 0 Å².